The van der Waals surface area contributed by atoms with Crippen molar-refractivity contribution >= 4 is 18.1 Å². The highest BCUT2D eigenvalue weighted by Crippen LogP contribution is 2.28. The summed E-state index contributed by atoms with van der Waals surface area (Å²) in [5.41, 5.74) is 5.44. The summed E-state index contributed by atoms with van der Waals surface area (Å²) in [4.78, 5) is 42.9. The molecule has 0 spiro atoms. The highest BCUT2D eigenvalue weighted by molar-refractivity contribution is 5.83. The Labute approximate surface area is 170 Å². The molecule has 0 unspecified atom stereocenters. The molecule has 1 aliphatic rings. The van der Waals surface area contributed by atoms with Gasteiger partial charge in [-0.05, 0) is 17.7 Å². The zero-order chi connectivity index (χ0) is 21.7. The van der Waals surface area contributed by atoms with Crippen LogP contribution in [-0.2, 0) is 20.7 Å². The van der Waals surface area contributed by atoms with Gasteiger partial charge in [0.25, 0.3) is 0 Å². The van der Waals surface area contributed by atoms with Gasteiger partial charge in [0.1, 0.15) is 30.2 Å². The third kappa shape index (κ3) is 4.79. The SMILES string of the molecule is Nc1ccn([C@@H]2O[C@H](CNC(=O)[C@@H](Cc3cccnc3)NC=O)[C@@H](O)[C@H]2O)c(=O)n1. The minimum Gasteiger partial charge on any atom is -0.387 e. The van der Waals surface area contributed by atoms with Crippen LogP contribution in [0.2, 0.25) is 0 Å². The van der Waals surface area contributed by atoms with Crippen molar-refractivity contribution in [3.8, 4) is 0 Å². The maximum Gasteiger partial charge on any atom is 0.351 e. The average Bonchev–Trinajstić information content (AvgIpc) is 3.01. The number of carbonyl (C=O) groups is 2. The number of rotatable bonds is 8. The first-order valence-electron chi connectivity index (χ1n) is 9.13. The second-order valence-corrected chi connectivity index (χ2v) is 6.74. The van der Waals surface area contributed by atoms with Gasteiger partial charge in [-0.3, -0.25) is 19.1 Å². The second kappa shape index (κ2) is 9.43. The fraction of sp³-hybridized carbons (Fsp3) is 0.389. The number of nitrogens with one attached hydrogen (secondary N) is 2. The van der Waals surface area contributed by atoms with Crippen LogP contribution in [0, 0.1) is 0 Å². The van der Waals surface area contributed by atoms with Gasteiger partial charge in [-0.1, -0.05) is 6.07 Å². The molecule has 2 amide bonds. The van der Waals surface area contributed by atoms with E-state index < -0.39 is 42.2 Å². The van der Waals surface area contributed by atoms with E-state index in [0.29, 0.717) is 6.41 Å². The van der Waals surface area contributed by atoms with E-state index in [-0.39, 0.29) is 18.8 Å². The molecule has 12 heteroatoms. The van der Waals surface area contributed by atoms with E-state index in [9.17, 15) is 24.6 Å². The molecule has 160 valence electrons. The molecule has 3 rings (SSSR count). The van der Waals surface area contributed by atoms with Gasteiger partial charge in [0.2, 0.25) is 12.3 Å². The van der Waals surface area contributed by atoms with Gasteiger partial charge >= 0.3 is 5.69 Å². The Morgan fingerprint density at radius 2 is 2.17 bits per heavy atom. The predicted octanol–water partition coefficient (Wildman–Crippen LogP) is -2.69. The van der Waals surface area contributed by atoms with E-state index >= 15 is 0 Å². The fourth-order valence-electron chi connectivity index (χ4n) is 3.14. The molecule has 1 saturated heterocycles. The van der Waals surface area contributed by atoms with Gasteiger partial charge in [0, 0.05) is 31.6 Å². The van der Waals surface area contributed by atoms with Crippen LogP contribution in [-0.4, -0.2) is 68.0 Å². The molecule has 0 bridgehead atoms. The van der Waals surface area contributed by atoms with Crippen molar-refractivity contribution in [3.63, 3.8) is 0 Å². The molecule has 1 aliphatic heterocycles. The smallest absolute Gasteiger partial charge is 0.351 e. The van der Waals surface area contributed by atoms with Crippen LogP contribution in [0.4, 0.5) is 5.82 Å². The normalized spacial score (nSPS) is 24.2. The van der Waals surface area contributed by atoms with Gasteiger partial charge in [0.05, 0.1) is 0 Å². The Bertz CT molecular complexity index is 938. The summed E-state index contributed by atoms with van der Waals surface area (Å²) in [6, 6.07) is 3.97. The number of aliphatic hydroxyl groups excluding tert-OH is 2. The molecule has 0 radical (unpaired) electrons. The van der Waals surface area contributed by atoms with Crippen LogP contribution >= 0.6 is 0 Å². The van der Waals surface area contributed by atoms with Crippen molar-refractivity contribution in [1.29, 1.82) is 0 Å². The van der Waals surface area contributed by atoms with Gasteiger partial charge in [-0.25, -0.2) is 4.79 Å². The molecule has 3 heterocycles. The van der Waals surface area contributed by atoms with Crippen molar-refractivity contribution in [2.24, 2.45) is 0 Å². The van der Waals surface area contributed by atoms with E-state index in [4.69, 9.17) is 10.5 Å². The van der Waals surface area contributed by atoms with Crippen molar-refractivity contribution in [2.45, 2.75) is 37.0 Å². The third-order valence-electron chi connectivity index (χ3n) is 4.69. The summed E-state index contributed by atoms with van der Waals surface area (Å²) in [6.45, 7) is -0.158. The molecule has 1 fully saturated rings. The van der Waals surface area contributed by atoms with Crippen LogP contribution in [0.1, 0.15) is 11.8 Å². The van der Waals surface area contributed by atoms with E-state index in [1.165, 1.54) is 12.3 Å². The highest BCUT2D eigenvalue weighted by Gasteiger charge is 2.44. The minimum absolute atomic E-state index is 0.00966. The Balaban J connectivity index is 1.63. The molecule has 0 aliphatic carbocycles. The maximum absolute atomic E-state index is 12.5. The zero-order valence-corrected chi connectivity index (χ0v) is 15.8. The molecule has 5 atom stereocenters. The van der Waals surface area contributed by atoms with Crippen LogP contribution < -0.4 is 22.1 Å². The number of ether oxygens (including phenoxy) is 1. The second-order valence-electron chi connectivity index (χ2n) is 6.74. The van der Waals surface area contributed by atoms with E-state index in [1.54, 1.807) is 24.5 Å². The lowest BCUT2D eigenvalue weighted by Gasteiger charge is -2.19. The number of aromatic nitrogens is 3. The number of carbonyl (C=O) groups excluding carboxylic acids is 2. The van der Waals surface area contributed by atoms with E-state index in [1.807, 2.05) is 0 Å². The van der Waals surface area contributed by atoms with Crippen LogP contribution in [0.25, 0.3) is 0 Å². The lowest BCUT2D eigenvalue weighted by atomic mass is 10.1. The highest BCUT2D eigenvalue weighted by atomic mass is 16.6. The summed E-state index contributed by atoms with van der Waals surface area (Å²) in [5.74, 6) is -0.499. The van der Waals surface area contributed by atoms with Crippen LogP contribution in [0.5, 0.6) is 0 Å². The molecule has 2 aromatic rings. The van der Waals surface area contributed by atoms with Crippen molar-refractivity contribution in [2.75, 3.05) is 12.3 Å². The summed E-state index contributed by atoms with van der Waals surface area (Å²) in [6.07, 6.45) is 0.126. The van der Waals surface area contributed by atoms with Crippen molar-refractivity contribution in [1.82, 2.24) is 25.2 Å². The van der Waals surface area contributed by atoms with Crippen molar-refractivity contribution < 1.29 is 24.5 Å². The molecular weight excluding hydrogens is 396 g/mol. The number of aliphatic hydroxyl groups is 2. The third-order valence-corrected chi connectivity index (χ3v) is 4.69. The molecular formula is C18H22N6O6. The number of nitrogen functional groups attached to an aromatic ring is 1. The summed E-state index contributed by atoms with van der Waals surface area (Å²) in [5, 5.41) is 25.5. The average molecular weight is 418 g/mol. The molecule has 2 aromatic heterocycles. The molecule has 30 heavy (non-hydrogen) atoms. The number of anilines is 1. The van der Waals surface area contributed by atoms with Gasteiger partial charge in [-0.2, -0.15) is 4.98 Å². The Morgan fingerprint density at radius 3 is 2.83 bits per heavy atom. The Hall–Kier alpha value is -3.35. The van der Waals surface area contributed by atoms with Crippen LogP contribution in [0.3, 0.4) is 0 Å². The predicted molar refractivity (Wildman–Crippen MR) is 103 cm³/mol. The number of amides is 2. The minimum atomic E-state index is -1.42. The van der Waals surface area contributed by atoms with Gasteiger partial charge < -0.3 is 31.3 Å². The number of pyridine rings is 1. The largest absolute Gasteiger partial charge is 0.387 e. The first-order valence-corrected chi connectivity index (χ1v) is 9.13. The van der Waals surface area contributed by atoms with Gasteiger partial charge in [-0.15, -0.1) is 0 Å². The quantitative estimate of drug-likeness (QED) is 0.285. The topological polar surface area (TPSA) is 182 Å². The molecule has 0 aromatic carbocycles. The number of hydrogen-bond acceptors (Lipinski definition) is 9. The van der Waals surface area contributed by atoms with E-state index in [2.05, 4.69) is 20.6 Å². The standard InChI is InChI=1S/C18H22N6O6/c19-13-3-5-24(18(29)23-13)17-15(27)14(26)12(30-17)8-21-16(28)11(22-9-25)6-10-2-1-4-20-7-10/h1-5,7,9,11-12,14-15,17,26-27H,6,8H2,(H,21,28)(H,22,25)(H2,19,23,29)/t11-,12-,14-,15-,17-/m1/s1. The number of hydrogen-bond donors (Lipinski definition) is 5. The lowest BCUT2D eigenvalue weighted by molar-refractivity contribution is -0.126. The van der Waals surface area contributed by atoms with Crippen LogP contribution in [0.15, 0.2) is 41.6 Å². The number of nitrogens with two attached hydrogens (primary N) is 1. The first-order chi connectivity index (χ1) is 14.4. The molecule has 12 nitrogen and oxygen atoms in total. The summed E-state index contributed by atoms with van der Waals surface area (Å²) >= 11 is 0. The number of nitrogens with zero attached hydrogens (tertiary/aromatic N) is 3. The van der Waals surface area contributed by atoms with E-state index in [0.717, 1.165) is 10.1 Å². The lowest BCUT2D eigenvalue weighted by Crippen LogP contribution is -2.48. The summed E-state index contributed by atoms with van der Waals surface area (Å²) in [7, 11) is 0. The Morgan fingerprint density at radius 1 is 1.37 bits per heavy atom. The Kier molecular flexibility index (Phi) is 6.72. The monoisotopic (exact) mass is 418 g/mol. The van der Waals surface area contributed by atoms with Gasteiger partial charge in [0.15, 0.2) is 6.23 Å². The molecule has 0 saturated carbocycles. The molecule has 6 N–H and O–H groups in total. The zero-order valence-electron chi connectivity index (χ0n) is 15.8. The van der Waals surface area contributed by atoms with Crippen molar-refractivity contribution in [3.05, 3.63) is 52.8 Å². The summed E-state index contributed by atoms with van der Waals surface area (Å²) < 4.78 is 6.57. The fourth-order valence-corrected chi connectivity index (χ4v) is 3.14. The maximum atomic E-state index is 12.5. The first kappa shape index (κ1) is 21.4.